The summed E-state index contributed by atoms with van der Waals surface area (Å²) in [5.74, 6) is 0. The van der Waals surface area contributed by atoms with Crippen molar-refractivity contribution < 1.29 is 0 Å². The van der Waals surface area contributed by atoms with Crippen molar-refractivity contribution in [2.24, 2.45) is 0 Å². The minimum atomic E-state index is 0.105. The molecule has 0 spiro atoms. The topological polar surface area (TPSA) is 24.9 Å². The zero-order valence-corrected chi connectivity index (χ0v) is 9.53. The Morgan fingerprint density at radius 2 is 2.12 bits per heavy atom. The molecule has 1 saturated heterocycles. The Hall–Kier alpha value is -1.41. The Bertz CT molecular complexity index is 508. The van der Waals surface area contributed by atoms with Gasteiger partial charge in [0.1, 0.15) is 0 Å². The van der Waals surface area contributed by atoms with Gasteiger partial charge in [-0.15, -0.1) is 0 Å². The molecule has 2 nitrogen and oxygen atoms in total. The lowest BCUT2D eigenvalue weighted by Gasteiger charge is -2.25. The van der Waals surface area contributed by atoms with Gasteiger partial charge in [0.25, 0.3) is 0 Å². The van der Waals surface area contributed by atoms with E-state index >= 15 is 0 Å². The van der Waals surface area contributed by atoms with Crippen LogP contribution in [0.3, 0.4) is 0 Å². The molecule has 1 unspecified atom stereocenters. The van der Waals surface area contributed by atoms with Crippen molar-refractivity contribution in [3.8, 4) is 0 Å². The van der Waals surface area contributed by atoms with Crippen molar-refractivity contribution in [3.63, 3.8) is 0 Å². The first kappa shape index (κ1) is 9.79. The number of pyridine rings is 1. The second kappa shape index (κ2) is 3.56. The van der Waals surface area contributed by atoms with Crippen LogP contribution >= 0.6 is 0 Å². The summed E-state index contributed by atoms with van der Waals surface area (Å²) in [6.07, 6.45) is 4.33. The Labute approximate surface area is 95.7 Å². The molecule has 0 saturated carbocycles. The van der Waals surface area contributed by atoms with Crippen LogP contribution in [0.25, 0.3) is 10.9 Å². The first-order valence-corrected chi connectivity index (χ1v) is 5.89. The highest BCUT2D eigenvalue weighted by atomic mass is 15.0. The summed E-state index contributed by atoms with van der Waals surface area (Å²) >= 11 is 0. The Balaban J connectivity index is 2.23. The number of nitrogens with zero attached hydrogens (tertiary/aromatic N) is 1. The van der Waals surface area contributed by atoms with E-state index in [2.05, 4.69) is 41.5 Å². The van der Waals surface area contributed by atoms with Crippen molar-refractivity contribution >= 4 is 10.9 Å². The van der Waals surface area contributed by atoms with Gasteiger partial charge < -0.3 is 5.32 Å². The Kier molecular flexibility index (Phi) is 2.18. The number of hydrogen-bond acceptors (Lipinski definition) is 2. The zero-order chi connectivity index (χ0) is 11.0. The van der Waals surface area contributed by atoms with E-state index in [1.165, 1.54) is 23.8 Å². The molecule has 0 aliphatic carbocycles. The van der Waals surface area contributed by atoms with Crippen LogP contribution in [-0.2, 0) is 5.54 Å². The molecule has 1 N–H and O–H groups in total. The normalized spacial score (nSPS) is 25.1. The maximum Gasteiger partial charge on any atom is 0.0752 e. The molecular weight excluding hydrogens is 196 g/mol. The molecule has 2 heteroatoms. The number of aromatic nitrogens is 1. The molecule has 0 amide bonds. The summed E-state index contributed by atoms with van der Waals surface area (Å²) in [5.41, 5.74) is 2.58. The summed E-state index contributed by atoms with van der Waals surface area (Å²) < 4.78 is 0. The van der Waals surface area contributed by atoms with E-state index < -0.39 is 0 Å². The van der Waals surface area contributed by atoms with Gasteiger partial charge in [-0.1, -0.05) is 24.3 Å². The molecule has 2 heterocycles. The standard InChI is InChI=1S/C14H16N2/c1-14(8-4-10-16-14)12-7-2-5-11-6-3-9-15-13(11)12/h2-3,5-7,9,16H,4,8,10H2,1H3. The molecule has 16 heavy (non-hydrogen) atoms. The van der Waals surface area contributed by atoms with Crippen LogP contribution in [0.2, 0.25) is 0 Å². The van der Waals surface area contributed by atoms with Crippen LogP contribution in [0.5, 0.6) is 0 Å². The van der Waals surface area contributed by atoms with E-state index in [9.17, 15) is 0 Å². The lowest BCUT2D eigenvalue weighted by Crippen LogP contribution is -2.33. The molecule has 0 bridgehead atoms. The third kappa shape index (κ3) is 1.41. The molecule has 0 radical (unpaired) electrons. The first-order chi connectivity index (χ1) is 7.80. The summed E-state index contributed by atoms with van der Waals surface area (Å²) in [7, 11) is 0. The maximum absolute atomic E-state index is 4.53. The predicted molar refractivity (Wildman–Crippen MR) is 66.3 cm³/mol. The highest BCUT2D eigenvalue weighted by Gasteiger charge is 2.31. The van der Waals surface area contributed by atoms with Crippen molar-refractivity contribution in [1.82, 2.24) is 10.3 Å². The van der Waals surface area contributed by atoms with Crippen LogP contribution in [0, 0.1) is 0 Å². The van der Waals surface area contributed by atoms with Crippen LogP contribution in [0.15, 0.2) is 36.5 Å². The lowest BCUT2D eigenvalue weighted by atomic mass is 9.89. The van der Waals surface area contributed by atoms with Crippen LogP contribution in [0.4, 0.5) is 0 Å². The number of benzene rings is 1. The molecule has 1 atom stereocenters. The largest absolute Gasteiger partial charge is 0.308 e. The second-order valence-corrected chi connectivity index (χ2v) is 4.74. The fourth-order valence-electron chi connectivity index (χ4n) is 2.67. The lowest BCUT2D eigenvalue weighted by molar-refractivity contribution is 0.438. The van der Waals surface area contributed by atoms with Gasteiger partial charge in [-0.05, 0) is 37.9 Å². The third-order valence-corrected chi connectivity index (χ3v) is 3.60. The molecule has 3 rings (SSSR count). The van der Waals surface area contributed by atoms with Gasteiger partial charge >= 0.3 is 0 Å². The fourth-order valence-corrected chi connectivity index (χ4v) is 2.67. The van der Waals surface area contributed by atoms with E-state index in [1.807, 2.05) is 12.3 Å². The highest BCUT2D eigenvalue weighted by molar-refractivity contribution is 5.82. The van der Waals surface area contributed by atoms with Gasteiger partial charge in [0.15, 0.2) is 0 Å². The molecule has 1 aromatic heterocycles. The van der Waals surface area contributed by atoms with Crippen LogP contribution in [-0.4, -0.2) is 11.5 Å². The average molecular weight is 212 g/mol. The minimum Gasteiger partial charge on any atom is -0.308 e. The minimum absolute atomic E-state index is 0.105. The van der Waals surface area contributed by atoms with Crippen molar-refractivity contribution in [2.75, 3.05) is 6.54 Å². The van der Waals surface area contributed by atoms with E-state index in [1.54, 1.807) is 0 Å². The number of rotatable bonds is 1. The molecule has 1 aliphatic rings. The van der Waals surface area contributed by atoms with Crippen molar-refractivity contribution in [2.45, 2.75) is 25.3 Å². The van der Waals surface area contributed by atoms with Gasteiger partial charge in [0.05, 0.1) is 5.52 Å². The SMILES string of the molecule is CC1(c2cccc3cccnc23)CCCN1. The Morgan fingerprint density at radius 1 is 1.25 bits per heavy atom. The number of fused-ring (bicyclic) bond motifs is 1. The number of nitrogens with one attached hydrogen (secondary N) is 1. The van der Waals surface area contributed by atoms with Crippen molar-refractivity contribution in [3.05, 3.63) is 42.1 Å². The Morgan fingerprint density at radius 3 is 2.94 bits per heavy atom. The monoisotopic (exact) mass is 212 g/mol. The summed E-state index contributed by atoms with van der Waals surface area (Å²) in [6, 6.07) is 10.6. The maximum atomic E-state index is 4.53. The second-order valence-electron chi connectivity index (χ2n) is 4.74. The van der Waals surface area contributed by atoms with Crippen LogP contribution in [0.1, 0.15) is 25.3 Å². The summed E-state index contributed by atoms with van der Waals surface area (Å²) in [4.78, 5) is 4.53. The molecule has 2 aromatic rings. The highest BCUT2D eigenvalue weighted by Crippen LogP contribution is 2.33. The molecule has 1 aliphatic heterocycles. The predicted octanol–water partition coefficient (Wildman–Crippen LogP) is 2.83. The summed E-state index contributed by atoms with van der Waals surface area (Å²) in [6.45, 7) is 3.39. The summed E-state index contributed by atoms with van der Waals surface area (Å²) in [5, 5.41) is 4.83. The van der Waals surface area contributed by atoms with E-state index in [0.29, 0.717) is 0 Å². The van der Waals surface area contributed by atoms with Gasteiger partial charge in [-0.25, -0.2) is 0 Å². The molecule has 82 valence electrons. The first-order valence-electron chi connectivity index (χ1n) is 5.89. The number of hydrogen-bond donors (Lipinski definition) is 1. The molecular formula is C14H16N2. The average Bonchev–Trinajstić information content (AvgIpc) is 2.77. The van der Waals surface area contributed by atoms with E-state index in [4.69, 9.17) is 0 Å². The smallest absolute Gasteiger partial charge is 0.0752 e. The van der Waals surface area contributed by atoms with Gasteiger partial charge in [-0.2, -0.15) is 0 Å². The number of para-hydroxylation sites is 1. The van der Waals surface area contributed by atoms with Crippen molar-refractivity contribution in [1.29, 1.82) is 0 Å². The van der Waals surface area contributed by atoms with Crippen LogP contribution < -0.4 is 5.32 Å². The van der Waals surface area contributed by atoms with Gasteiger partial charge in [-0.3, -0.25) is 4.98 Å². The molecule has 1 aromatic carbocycles. The van der Waals surface area contributed by atoms with Gasteiger partial charge in [0, 0.05) is 17.1 Å². The fraction of sp³-hybridized carbons (Fsp3) is 0.357. The zero-order valence-electron chi connectivity index (χ0n) is 9.53. The molecule has 1 fully saturated rings. The third-order valence-electron chi connectivity index (χ3n) is 3.60. The van der Waals surface area contributed by atoms with E-state index in [0.717, 1.165) is 12.1 Å². The van der Waals surface area contributed by atoms with Gasteiger partial charge in [0.2, 0.25) is 0 Å². The quantitative estimate of drug-likeness (QED) is 0.786. The van der Waals surface area contributed by atoms with E-state index in [-0.39, 0.29) is 5.54 Å².